The van der Waals surface area contributed by atoms with E-state index in [0.29, 0.717) is 6.29 Å². The highest BCUT2D eigenvalue weighted by atomic mass is 16.1. The average molecular weight is 129 g/mol. The van der Waals surface area contributed by atoms with E-state index < -0.39 is 11.3 Å². The normalized spacial score (nSPS) is 10.9. The molecule has 0 aliphatic carbocycles. The molecule has 3 heteroatoms. The van der Waals surface area contributed by atoms with E-state index in [9.17, 15) is 9.59 Å². The minimum Gasteiger partial charge on any atom is -0.369 e. The number of hydrogen-bond donors (Lipinski definition) is 1. The van der Waals surface area contributed by atoms with Crippen molar-refractivity contribution < 1.29 is 9.59 Å². The fourth-order valence-electron chi connectivity index (χ4n) is 0.309. The van der Waals surface area contributed by atoms with Gasteiger partial charge in [0, 0.05) is 11.8 Å². The third-order valence-electron chi connectivity index (χ3n) is 1.26. The van der Waals surface area contributed by atoms with Crippen LogP contribution in [0.1, 0.15) is 20.3 Å². The van der Waals surface area contributed by atoms with Gasteiger partial charge in [0.15, 0.2) is 0 Å². The molecular weight excluding hydrogens is 118 g/mol. The summed E-state index contributed by atoms with van der Waals surface area (Å²) in [5, 5.41) is 0. The van der Waals surface area contributed by atoms with E-state index in [1.807, 2.05) is 0 Å². The van der Waals surface area contributed by atoms with Crippen LogP contribution < -0.4 is 5.73 Å². The number of rotatable bonds is 3. The molecule has 0 aromatic carbocycles. The van der Waals surface area contributed by atoms with Gasteiger partial charge in [-0.1, -0.05) is 13.8 Å². The first-order valence-corrected chi connectivity index (χ1v) is 2.74. The molecule has 0 aromatic rings. The van der Waals surface area contributed by atoms with Gasteiger partial charge in [0.05, 0.1) is 0 Å². The SMILES string of the molecule is CC(C)(CC=O)C(N)=O. The summed E-state index contributed by atoms with van der Waals surface area (Å²) < 4.78 is 0. The van der Waals surface area contributed by atoms with Crippen molar-refractivity contribution in [3.05, 3.63) is 0 Å². The summed E-state index contributed by atoms with van der Waals surface area (Å²) in [5.74, 6) is -0.436. The first-order valence-electron chi connectivity index (χ1n) is 2.74. The lowest BCUT2D eigenvalue weighted by Gasteiger charge is -2.15. The van der Waals surface area contributed by atoms with Crippen molar-refractivity contribution >= 4 is 12.2 Å². The minimum atomic E-state index is -0.679. The van der Waals surface area contributed by atoms with Gasteiger partial charge in [-0.15, -0.1) is 0 Å². The van der Waals surface area contributed by atoms with Gasteiger partial charge in [-0.3, -0.25) is 4.79 Å². The van der Waals surface area contributed by atoms with Crippen LogP contribution in [0.5, 0.6) is 0 Å². The van der Waals surface area contributed by atoms with Crippen LogP contribution >= 0.6 is 0 Å². The second kappa shape index (κ2) is 2.62. The summed E-state index contributed by atoms with van der Waals surface area (Å²) >= 11 is 0. The Hall–Kier alpha value is -0.860. The van der Waals surface area contributed by atoms with Gasteiger partial charge in [-0.05, 0) is 0 Å². The zero-order chi connectivity index (χ0) is 7.49. The second-order valence-electron chi connectivity index (χ2n) is 2.62. The van der Waals surface area contributed by atoms with Gasteiger partial charge >= 0.3 is 0 Å². The Bertz CT molecular complexity index is 129. The predicted octanol–water partition coefficient (Wildman–Crippen LogP) is 0.0869. The van der Waals surface area contributed by atoms with Gasteiger partial charge in [-0.25, -0.2) is 0 Å². The van der Waals surface area contributed by atoms with E-state index in [1.165, 1.54) is 0 Å². The highest BCUT2D eigenvalue weighted by Crippen LogP contribution is 2.16. The Labute approximate surface area is 54.2 Å². The zero-order valence-corrected chi connectivity index (χ0v) is 5.68. The minimum absolute atomic E-state index is 0.197. The van der Waals surface area contributed by atoms with Crippen LogP contribution in [0.3, 0.4) is 0 Å². The summed E-state index contributed by atoms with van der Waals surface area (Å²) in [5.41, 5.74) is 4.28. The molecular formula is C6H11NO2. The van der Waals surface area contributed by atoms with Crippen LogP contribution in [-0.4, -0.2) is 12.2 Å². The Morgan fingerprint density at radius 3 is 2.22 bits per heavy atom. The van der Waals surface area contributed by atoms with Gasteiger partial charge in [-0.2, -0.15) is 0 Å². The highest BCUT2D eigenvalue weighted by Gasteiger charge is 2.23. The molecule has 52 valence electrons. The molecule has 0 saturated carbocycles. The van der Waals surface area contributed by atoms with Crippen molar-refractivity contribution in [3.8, 4) is 0 Å². The second-order valence-corrected chi connectivity index (χ2v) is 2.62. The monoisotopic (exact) mass is 129 g/mol. The summed E-state index contributed by atoms with van der Waals surface area (Å²) in [6.07, 6.45) is 0.896. The largest absolute Gasteiger partial charge is 0.369 e. The van der Waals surface area contributed by atoms with E-state index in [4.69, 9.17) is 5.73 Å². The molecule has 0 heterocycles. The number of carbonyl (C=O) groups is 2. The Balaban J connectivity index is 4.00. The Morgan fingerprint density at radius 1 is 1.67 bits per heavy atom. The highest BCUT2D eigenvalue weighted by molar-refractivity contribution is 5.82. The molecule has 3 nitrogen and oxygen atoms in total. The number of nitrogens with two attached hydrogens (primary N) is 1. The van der Waals surface area contributed by atoms with Crippen LogP contribution in [-0.2, 0) is 9.59 Å². The molecule has 0 bridgehead atoms. The number of hydrogen-bond acceptors (Lipinski definition) is 2. The van der Waals surface area contributed by atoms with Gasteiger partial charge < -0.3 is 10.5 Å². The maximum Gasteiger partial charge on any atom is 0.223 e. The number of carbonyl (C=O) groups excluding carboxylic acids is 2. The van der Waals surface area contributed by atoms with E-state index in [0.717, 1.165) is 0 Å². The molecule has 2 N–H and O–H groups in total. The maximum atomic E-state index is 10.5. The number of primary amides is 1. The fraction of sp³-hybridized carbons (Fsp3) is 0.667. The van der Waals surface area contributed by atoms with Crippen molar-refractivity contribution in [3.63, 3.8) is 0 Å². The molecule has 0 fully saturated rings. The van der Waals surface area contributed by atoms with Crippen LogP contribution in [0.4, 0.5) is 0 Å². The number of amides is 1. The lowest BCUT2D eigenvalue weighted by molar-refractivity contribution is -0.128. The molecule has 0 aliphatic heterocycles. The van der Waals surface area contributed by atoms with Crippen molar-refractivity contribution in [2.45, 2.75) is 20.3 Å². The molecule has 0 spiro atoms. The molecule has 9 heavy (non-hydrogen) atoms. The van der Waals surface area contributed by atoms with Crippen LogP contribution in [0.2, 0.25) is 0 Å². The summed E-state index contributed by atoms with van der Waals surface area (Å²) in [6.45, 7) is 3.29. The molecule has 0 unspecified atom stereocenters. The van der Waals surface area contributed by atoms with Gasteiger partial charge in [0.1, 0.15) is 6.29 Å². The van der Waals surface area contributed by atoms with Crippen LogP contribution in [0, 0.1) is 5.41 Å². The fourth-order valence-corrected chi connectivity index (χ4v) is 0.309. The molecule has 0 radical (unpaired) electrons. The van der Waals surface area contributed by atoms with E-state index in [1.54, 1.807) is 13.8 Å². The Morgan fingerprint density at radius 2 is 2.11 bits per heavy atom. The molecule has 0 rings (SSSR count). The molecule has 0 aliphatic rings. The van der Waals surface area contributed by atoms with E-state index >= 15 is 0 Å². The van der Waals surface area contributed by atoms with Crippen molar-refractivity contribution in [1.82, 2.24) is 0 Å². The van der Waals surface area contributed by atoms with Crippen LogP contribution in [0.25, 0.3) is 0 Å². The first-order chi connectivity index (χ1) is 4.00. The zero-order valence-electron chi connectivity index (χ0n) is 5.68. The van der Waals surface area contributed by atoms with Gasteiger partial charge in [0.2, 0.25) is 5.91 Å². The maximum absolute atomic E-state index is 10.5. The predicted molar refractivity (Wildman–Crippen MR) is 33.7 cm³/mol. The Kier molecular flexibility index (Phi) is 2.37. The quantitative estimate of drug-likeness (QED) is 0.549. The first kappa shape index (κ1) is 8.14. The lowest BCUT2D eigenvalue weighted by atomic mass is 9.89. The third-order valence-corrected chi connectivity index (χ3v) is 1.26. The van der Waals surface area contributed by atoms with Crippen molar-refractivity contribution in [1.29, 1.82) is 0 Å². The molecule has 0 saturated heterocycles. The number of aldehydes is 1. The molecule has 0 atom stereocenters. The summed E-state index contributed by atoms with van der Waals surface area (Å²) in [7, 11) is 0. The lowest BCUT2D eigenvalue weighted by Crippen LogP contribution is -2.31. The van der Waals surface area contributed by atoms with Crippen molar-refractivity contribution in [2.75, 3.05) is 0 Å². The van der Waals surface area contributed by atoms with Crippen LogP contribution in [0.15, 0.2) is 0 Å². The summed E-state index contributed by atoms with van der Waals surface area (Å²) in [4.78, 5) is 20.4. The molecule has 1 amide bonds. The summed E-state index contributed by atoms with van der Waals surface area (Å²) in [6, 6.07) is 0. The third kappa shape index (κ3) is 2.26. The van der Waals surface area contributed by atoms with E-state index in [2.05, 4.69) is 0 Å². The smallest absolute Gasteiger partial charge is 0.223 e. The van der Waals surface area contributed by atoms with Crippen molar-refractivity contribution in [2.24, 2.45) is 11.1 Å². The topological polar surface area (TPSA) is 60.2 Å². The standard InChI is InChI=1S/C6H11NO2/c1-6(2,3-4-8)5(7)9/h4H,3H2,1-2H3,(H2,7,9). The molecule has 0 aromatic heterocycles. The van der Waals surface area contributed by atoms with Gasteiger partial charge in [0.25, 0.3) is 0 Å². The average Bonchev–Trinajstić information content (AvgIpc) is 1.65. The van der Waals surface area contributed by atoms with E-state index in [-0.39, 0.29) is 6.42 Å².